The Bertz CT molecular complexity index is 855. The van der Waals surface area contributed by atoms with Gasteiger partial charge in [-0.2, -0.15) is 0 Å². The van der Waals surface area contributed by atoms with E-state index in [2.05, 4.69) is 16.0 Å². The highest BCUT2D eigenvalue weighted by Crippen LogP contribution is 2.17. The van der Waals surface area contributed by atoms with Crippen molar-refractivity contribution < 1.29 is 14.4 Å². The van der Waals surface area contributed by atoms with Crippen LogP contribution >= 0.6 is 0 Å². The smallest absolute Gasteiger partial charge is 0.251 e. The Hall–Kier alpha value is -3.41. The van der Waals surface area contributed by atoms with Crippen molar-refractivity contribution in [2.75, 3.05) is 19.4 Å². The van der Waals surface area contributed by atoms with Crippen LogP contribution in [0.15, 0.2) is 48.5 Å². The number of amides is 3. The summed E-state index contributed by atoms with van der Waals surface area (Å²) >= 11 is 0. The highest BCUT2D eigenvalue weighted by molar-refractivity contribution is 6.03. The lowest BCUT2D eigenvalue weighted by atomic mass is 10.1. The molecule has 0 saturated heterocycles. The molecular formula is C20H21N3O3. The summed E-state index contributed by atoms with van der Waals surface area (Å²) in [5, 5.41) is 7.89. The Morgan fingerprint density at radius 3 is 2.00 bits per heavy atom. The van der Waals surface area contributed by atoms with Crippen molar-refractivity contribution in [1.82, 2.24) is 10.6 Å². The molecule has 3 N–H and O–H groups in total. The van der Waals surface area contributed by atoms with E-state index < -0.39 is 0 Å². The summed E-state index contributed by atoms with van der Waals surface area (Å²) in [4.78, 5) is 35.2. The molecule has 2 aromatic rings. The van der Waals surface area contributed by atoms with Gasteiger partial charge in [0.25, 0.3) is 11.8 Å². The molecule has 134 valence electrons. The van der Waals surface area contributed by atoms with Crippen LogP contribution in [0.25, 0.3) is 6.08 Å². The van der Waals surface area contributed by atoms with E-state index in [0.29, 0.717) is 16.8 Å². The monoisotopic (exact) mass is 351 g/mol. The second-order valence-corrected chi connectivity index (χ2v) is 5.63. The van der Waals surface area contributed by atoms with Crippen molar-refractivity contribution in [2.45, 2.75) is 6.92 Å². The average molecular weight is 351 g/mol. The molecule has 0 aliphatic rings. The van der Waals surface area contributed by atoms with Crippen molar-refractivity contribution in [3.8, 4) is 0 Å². The molecular weight excluding hydrogens is 330 g/mol. The first-order valence-corrected chi connectivity index (χ1v) is 8.08. The van der Waals surface area contributed by atoms with E-state index in [4.69, 9.17) is 0 Å². The summed E-state index contributed by atoms with van der Waals surface area (Å²) in [6, 6.07) is 12.0. The van der Waals surface area contributed by atoms with Crippen LogP contribution in [-0.4, -0.2) is 31.8 Å². The van der Waals surface area contributed by atoms with E-state index in [-0.39, 0.29) is 17.7 Å². The number of hydrogen-bond donors (Lipinski definition) is 3. The molecule has 26 heavy (non-hydrogen) atoms. The van der Waals surface area contributed by atoms with Crippen LogP contribution in [0, 0.1) is 6.92 Å². The van der Waals surface area contributed by atoms with Crippen LogP contribution in [0.1, 0.15) is 31.8 Å². The molecule has 0 atom stereocenters. The molecule has 0 aliphatic carbocycles. The summed E-state index contributed by atoms with van der Waals surface area (Å²) in [6.45, 7) is 1.82. The number of rotatable bonds is 5. The quantitative estimate of drug-likeness (QED) is 0.723. The molecule has 0 aliphatic heterocycles. The van der Waals surface area contributed by atoms with E-state index >= 15 is 0 Å². The molecule has 0 heterocycles. The Morgan fingerprint density at radius 2 is 1.42 bits per heavy atom. The third-order valence-electron chi connectivity index (χ3n) is 3.80. The molecule has 0 spiro atoms. The SMILES string of the molecule is CNC(=O)c1ccc(/C=C/C(=O)Nc2ccc(C(=O)NC)cc2C)cc1. The minimum Gasteiger partial charge on any atom is -0.355 e. The Kier molecular flexibility index (Phi) is 6.27. The Balaban J connectivity index is 2.03. The number of nitrogens with one attached hydrogen (secondary N) is 3. The highest BCUT2D eigenvalue weighted by Gasteiger charge is 2.07. The maximum absolute atomic E-state index is 12.1. The van der Waals surface area contributed by atoms with Gasteiger partial charge in [-0.25, -0.2) is 0 Å². The predicted molar refractivity (Wildman–Crippen MR) is 102 cm³/mol. The molecule has 0 fully saturated rings. The number of carbonyl (C=O) groups excluding carboxylic acids is 3. The fourth-order valence-electron chi connectivity index (χ4n) is 2.33. The lowest BCUT2D eigenvalue weighted by molar-refractivity contribution is -0.111. The molecule has 0 radical (unpaired) electrons. The van der Waals surface area contributed by atoms with Gasteiger partial charge in [0, 0.05) is 37.0 Å². The van der Waals surface area contributed by atoms with Crippen LogP contribution in [0.2, 0.25) is 0 Å². The van der Waals surface area contributed by atoms with Crippen molar-refractivity contribution >= 4 is 29.5 Å². The van der Waals surface area contributed by atoms with E-state index in [1.54, 1.807) is 62.6 Å². The molecule has 6 nitrogen and oxygen atoms in total. The zero-order chi connectivity index (χ0) is 19.1. The third-order valence-corrected chi connectivity index (χ3v) is 3.80. The zero-order valence-corrected chi connectivity index (χ0v) is 14.9. The maximum atomic E-state index is 12.1. The van der Waals surface area contributed by atoms with Gasteiger partial charge in [-0.1, -0.05) is 12.1 Å². The zero-order valence-electron chi connectivity index (χ0n) is 14.9. The largest absolute Gasteiger partial charge is 0.355 e. The second kappa shape index (κ2) is 8.62. The van der Waals surface area contributed by atoms with E-state index in [1.165, 1.54) is 6.08 Å². The molecule has 0 bridgehead atoms. The standard InChI is InChI=1S/C20H21N3O3/c1-13-12-16(20(26)22-3)9-10-17(13)23-18(24)11-6-14-4-7-15(8-5-14)19(25)21-2/h4-12H,1-3H3,(H,21,25)(H,22,26)(H,23,24)/b11-6+. The summed E-state index contributed by atoms with van der Waals surface area (Å²) < 4.78 is 0. The maximum Gasteiger partial charge on any atom is 0.251 e. The molecule has 0 unspecified atom stereocenters. The fraction of sp³-hybridized carbons (Fsp3) is 0.150. The van der Waals surface area contributed by atoms with Crippen molar-refractivity contribution in [3.05, 3.63) is 70.8 Å². The van der Waals surface area contributed by atoms with Gasteiger partial charge in [0.1, 0.15) is 0 Å². The minimum atomic E-state index is -0.281. The summed E-state index contributed by atoms with van der Waals surface area (Å²) in [5.41, 5.74) is 3.33. The van der Waals surface area contributed by atoms with Gasteiger partial charge in [-0.05, 0) is 54.5 Å². The molecule has 0 saturated carbocycles. The van der Waals surface area contributed by atoms with Crippen molar-refractivity contribution in [2.24, 2.45) is 0 Å². The van der Waals surface area contributed by atoms with Gasteiger partial charge in [0.15, 0.2) is 0 Å². The van der Waals surface area contributed by atoms with Gasteiger partial charge in [0.05, 0.1) is 0 Å². The van der Waals surface area contributed by atoms with Gasteiger partial charge in [-0.15, -0.1) is 0 Å². The van der Waals surface area contributed by atoms with E-state index in [1.807, 2.05) is 6.92 Å². The first-order valence-electron chi connectivity index (χ1n) is 8.08. The Labute approximate surface area is 152 Å². The van der Waals surface area contributed by atoms with Gasteiger partial charge < -0.3 is 16.0 Å². The van der Waals surface area contributed by atoms with Gasteiger partial charge >= 0.3 is 0 Å². The van der Waals surface area contributed by atoms with Gasteiger partial charge in [0.2, 0.25) is 5.91 Å². The molecule has 2 aromatic carbocycles. The van der Waals surface area contributed by atoms with Crippen LogP contribution in [-0.2, 0) is 4.79 Å². The van der Waals surface area contributed by atoms with Crippen molar-refractivity contribution in [3.63, 3.8) is 0 Å². The minimum absolute atomic E-state index is 0.158. The highest BCUT2D eigenvalue weighted by atomic mass is 16.2. The lowest BCUT2D eigenvalue weighted by Gasteiger charge is -2.08. The summed E-state index contributed by atoms with van der Waals surface area (Å²) in [5.74, 6) is -0.615. The number of aryl methyl sites for hydroxylation is 1. The number of carbonyl (C=O) groups is 3. The third kappa shape index (κ3) is 4.80. The summed E-state index contributed by atoms with van der Waals surface area (Å²) in [7, 11) is 3.14. The lowest BCUT2D eigenvalue weighted by Crippen LogP contribution is -2.18. The molecule has 3 amide bonds. The van der Waals surface area contributed by atoms with Crippen LogP contribution < -0.4 is 16.0 Å². The molecule has 6 heteroatoms. The molecule has 0 aromatic heterocycles. The van der Waals surface area contributed by atoms with Crippen LogP contribution in [0.4, 0.5) is 5.69 Å². The fourth-order valence-corrected chi connectivity index (χ4v) is 2.33. The van der Waals surface area contributed by atoms with Gasteiger partial charge in [-0.3, -0.25) is 14.4 Å². The second-order valence-electron chi connectivity index (χ2n) is 5.63. The Morgan fingerprint density at radius 1 is 0.846 bits per heavy atom. The first-order chi connectivity index (χ1) is 12.4. The molecule has 2 rings (SSSR count). The van der Waals surface area contributed by atoms with Crippen LogP contribution in [0.5, 0.6) is 0 Å². The normalized spacial score (nSPS) is 10.4. The number of benzene rings is 2. The first kappa shape index (κ1) is 18.9. The van der Waals surface area contributed by atoms with Crippen LogP contribution in [0.3, 0.4) is 0 Å². The topological polar surface area (TPSA) is 87.3 Å². The number of hydrogen-bond acceptors (Lipinski definition) is 3. The average Bonchev–Trinajstić information content (AvgIpc) is 2.67. The number of anilines is 1. The van der Waals surface area contributed by atoms with E-state index in [0.717, 1.165) is 11.1 Å². The van der Waals surface area contributed by atoms with E-state index in [9.17, 15) is 14.4 Å². The summed E-state index contributed by atoms with van der Waals surface area (Å²) in [6.07, 6.45) is 3.08. The van der Waals surface area contributed by atoms with Crippen molar-refractivity contribution in [1.29, 1.82) is 0 Å². The predicted octanol–water partition coefficient (Wildman–Crippen LogP) is 2.37.